The lowest BCUT2D eigenvalue weighted by Crippen LogP contribution is -2.17. The van der Waals surface area contributed by atoms with Crippen molar-refractivity contribution in [3.63, 3.8) is 0 Å². The van der Waals surface area contributed by atoms with Crippen molar-refractivity contribution in [2.24, 2.45) is 5.84 Å². The minimum absolute atomic E-state index is 0.101. The van der Waals surface area contributed by atoms with E-state index in [1.54, 1.807) is 0 Å². The Morgan fingerprint density at radius 3 is 2.71 bits per heavy atom. The highest BCUT2D eigenvalue weighted by molar-refractivity contribution is 6.32. The second kappa shape index (κ2) is 6.02. The predicted molar refractivity (Wildman–Crippen MR) is 71.3 cm³/mol. The highest BCUT2D eigenvalue weighted by Crippen LogP contribution is 2.28. The third kappa shape index (κ3) is 4.36. The molecule has 0 amide bonds. The molecule has 0 unspecified atom stereocenters. The molecule has 0 fully saturated rings. The molecule has 0 bridgehead atoms. The first-order valence-corrected chi connectivity index (χ1v) is 5.87. The zero-order valence-corrected chi connectivity index (χ0v) is 11.0. The number of anilines is 3. The van der Waals surface area contributed by atoms with Gasteiger partial charge >= 0.3 is 6.36 Å². The van der Waals surface area contributed by atoms with Crippen molar-refractivity contribution < 1.29 is 17.9 Å². The van der Waals surface area contributed by atoms with Crippen LogP contribution in [0.1, 0.15) is 0 Å². The van der Waals surface area contributed by atoms with E-state index in [0.29, 0.717) is 5.69 Å². The number of hydrazine groups is 1. The number of nitrogen functional groups attached to an aromatic ring is 1. The van der Waals surface area contributed by atoms with Crippen LogP contribution in [0, 0.1) is 0 Å². The summed E-state index contributed by atoms with van der Waals surface area (Å²) >= 11 is 5.88. The van der Waals surface area contributed by atoms with Gasteiger partial charge in [0.2, 0.25) is 5.95 Å². The van der Waals surface area contributed by atoms with Crippen molar-refractivity contribution in [2.45, 2.75) is 6.36 Å². The van der Waals surface area contributed by atoms with Crippen LogP contribution < -0.4 is 21.3 Å². The van der Waals surface area contributed by atoms with Crippen LogP contribution >= 0.6 is 11.6 Å². The lowest BCUT2D eigenvalue weighted by molar-refractivity contribution is -0.274. The molecule has 6 nitrogen and oxygen atoms in total. The van der Waals surface area contributed by atoms with E-state index in [9.17, 15) is 13.2 Å². The van der Waals surface area contributed by atoms with Gasteiger partial charge in [-0.3, -0.25) is 5.43 Å². The van der Waals surface area contributed by atoms with E-state index in [1.807, 2.05) is 0 Å². The van der Waals surface area contributed by atoms with Crippen LogP contribution in [-0.2, 0) is 0 Å². The summed E-state index contributed by atoms with van der Waals surface area (Å²) in [7, 11) is 0. The van der Waals surface area contributed by atoms with E-state index >= 15 is 0 Å². The van der Waals surface area contributed by atoms with Crippen molar-refractivity contribution >= 4 is 29.1 Å². The van der Waals surface area contributed by atoms with Crippen LogP contribution in [-0.4, -0.2) is 16.3 Å². The second-order valence-corrected chi connectivity index (χ2v) is 4.14. The Morgan fingerprint density at radius 2 is 2.05 bits per heavy atom. The van der Waals surface area contributed by atoms with Crippen molar-refractivity contribution in [3.05, 3.63) is 35.5 Å². The molecule has 0 aliphatic carbocycles. The summed E-state index contributed by atoms with van der Waals surface area (Å²) in [5, 5.41) is 2.92. The Hall–Kier alpha value is -2.26. The maximum absolute atomic E-state index is 12.2. The number of ether oxygens (including phenoxy) is 1. The molecular weight excluding hydrogens is 311 g/mol. The van der Waals surface area contributed by atoms with E-state index in [4.69, 9.17) is 17.4 Å². The van der Waals surface area contributed by atoms with Crippen molar-refractivity contribution in [2.75, 3.05) is 10.7 Å². The standard InChI is InChI=1S/C11H9ClF3N5O/c12-8-5-17-10(20-16)19-9(8)18-6-2-1-3-7(4-6)21-11(13,14)15/h1-5H,16H2,(H2,17,18,19,20). The van der Waals surface area contributed by atoms with E-state index in [1.165, 1.54) is 24.4 Å². The van der Waals surface area contributed by atoms with E-state index in [-0.39, 0.29) is 22.5 Å². The van der Waals surface area contributed by atoms with Gasteiger partial charge in [0, 0.05) is 11.8 Å². The average Bonchev–Trinajstić information content (AvgIpc) is 2.40. The highest BCUT2D eigenvalue weighted by atomic mass is 35.5. The third-order valence-electron chi connectivity index (χ3n) is 2.20. The molecule has 112 valence electrons. The molecule has 0 saturated heterocycles. The fraction of sp³-hybridized carbons (Fsp3) is 0.0909. The zero-order chi connectivity index (χ0) is 15.5. The van der Waals surface area contributed by atoms with Gasteiger partial charge in [-0.05, 0) is 12.1 Å². The molecule has 0 atom stereocenters. The topological polar surface area (TPSA) is 85.1 Å². The highest BCUT2D eigenvalue weighted by Gasteiger charge is 2.31. The number of nitrogens with one attached hydrogen (secondary N) is 2. The number of aromatic nitrogens is 2. The molecule has 1 aromatic heterocycles. The number of benzene rings is 1. The first kappa shape index (κ1) is 15.1. The monoisotopic (exact) mass is 319 g/mol. The van der Waals surface area contributed by atoms with E-state index in [2.05, 4.69) is 25.4 Å². The second-order valence-electron chi connectivity index (χ2n) is 3.74. The van der Waals surface area contributed by atoms with Gasteiger partial charge in [-0.25, -0.2) is 10.8 Å². The number of hydrogen-bond donors (Lipinski definition) is 3. The third-order valence-corrected chi connectivity index (χ3v) is 2.48. The minimum atomic E-state index is -4.76. The summed E-state index contributed by atoms with van der Waals surface area (Å²) < 4.78 is 40.3. The first-order valence-electron chi connectivity index (χ1n) is 5.49. The number of hydrogen-bond acceptors (Lipinski definition) is 6. The molecule has 0 radical (unpaired) electrons. The maximum atomic E-state index is 12.2. The molecule has 21 heavy (non-hydrogen) atoms. The maximum Gasteiger partial charge on any atom is 0.573 e. The van der Waals surface area contributed by atoms with Crippen LogP contribution in [0.4, 0.5) is 30.6 Å². The van der Waals surface area contributed by atoms with Gasteiger partial charge in [0.1, 0.15) is 10.8 Å². The summed E-state index contributed by atoms with van der Waals surface area (Å²) in [6.45, 7) is 0. The van der Waals surface area contributed by atoms with E-state index in [0.717, 1.165) is 6.07 Å². The molecule has 0 saturated carbocycles. The van der Waals surface area contributed by atoms with Crippen LogP contribution in [0.3, 0.4) is 0 Å². The van der Waals surface area contributed by atoms with Gasteiger partial charge < -0.3 is 10.1 Å². The molecule has 2 rings (SSSR count). The molecule has 10 heteroatoms. The fourth-order valence-corrected chi connectivity index (χ4v) is 1.57. The summed E-state index contributed by atoms with van der Waals surface area (Å²) in [4.78, 5) is 7.71. The molecule has 2 aromatic rings. The fourth-order valence-electron chi connectivity index (χ4n) is 1.43. The molecule has 1 aromatic carbocycles. The number of nitrogens with two attached hydrogens (primary N) is 1. The Morgan fingerprint density at radius 1 is 1.29 bits per heavy atom. The SMILES string of the molecule is NNc1ncc(Cl)c(Nc2cccc(OC(F)(F)F)c2)n1. The molecule has 0 aliphatic rings. The van der Waals surface area contributed by atoms with Gasteiger partial charge in [0.15, 0.2) is 5.82 Å². The summed E-state index contributed by atoms with van der Waals surface area (Å²) in [6, 6.07) is 5.24. The minimum Gasteiger partial charge on any atom is -0.406 e. The van der Waals surface area contributed by atoms with Crippen molar-refractivity contribution in [1.29, 1.82) is 0 Å². The van der Waals surface area contributed by atoms with Crippen molar-refractivity contribution in [3.8, 4) is 5.75 Å². The van der Waals surface area contributed by atoms with E-state index < -0.39 is 6.36 Å². The lowest BCUT2D eigenvalue weighted by atomic mass is 10.3. The van der Waals surface area contributed by atoms with Gasteiger partial charge in [-0.1, -0.05) is 17.7 Å². The van der Waals surface area contributed by atoms with Gasteiger partial charge in [-0.2, -0.15) is 4.98 Å². The van der Waals surface area contributed by atoms with Gasteiger partial charge in [0.05, 0.1) is 6.20 Å². The lowest BCUT2D eigenvalue weighted by Gasteiger charge is -2.12. The number of halogens is 4. The van der Waals surface area contributed by atoms with Crippen LogP contribution in [0.2, 0.25) is 5.02 Å². The number of alkyl halides is 3. The summed E-state index contributed by atoms with van der Waals surface area (Å²) in [5.74, 6) is 5.08. The summed E-state index contributed by atoms with van der Waals surface area (Å²) in [5.41, 5.74) is 2.53. The van der Waals surface area contributed by atoms with Crippen LogP contribution in [0.25, 0.3) is 0 Å². The number of nitrogens with zero attached hydrogens (tertiary/aromatic N) is 2. The smallest absolute Gasteiger partial charge is 0.406 e. The normalized spacial score (nSPS) is 11.1. The Kier molecular flexibility index (Phi) is 4.34. The Balaban J connectivity index is 2.22. The van der Waals surface area contributed by atoms with Gasteiger partial charge in [0.25, 0.3) is 0 Å². The first-order chi connectivity index (χ1) is 9.87. The number of rotatable bonds is 4. The molecule has 1 heterocycles. The molecular formula is C11H9ClF3N5O. The molecule has 0 spiro atoms. The van der Waals surface area contributed by atoms with Crippen LogP contribution in [0.15, 0.2) is 30.5 Å². The molecule has 4 N–H and O–H groups in total. The average molecular weight is 320 g/mol. The summed E-state index contributed by atoms with van der Waals surface area (Å²) in [6.07, 6.45) is -3.47. The Bertz CT molecular complexity index is 637. The van der Waals surface area contributed by atoms with Crippen molar-refractivity contribution in [1.82, 2.24) is 9.97 Å². The largest absolute Gasteiger partial charge is 0.573 e. The van der Waals surface area contributed by atoms with Gasteiger partial charge in [-0.15, -0.1) is 13.2 Å². The quantitative estimate of drug-likeness (QED) is 0.593. The Labute approximate surface area is 122 Å². The predicted octanol–water partition coefficient (Wildman–Crippen LogP) is 3.06. The molecule has 0 aliphatic heterocycles. The van der Waals surface area contributed by atoms with Crippen LogP contribution in [0.5, 0.6) is 5.75 Å². The zero-order valence-electron chi connectivity index (χ0n) is 10.3.